The van der Waals surface area contributed by atoms with E-state index in [-0.39, 0.29) is 35.1 Å². The number of aliphatic hydroxyl groups excluding tert-OH is 1. The smallest absolute Gasteiger partial charge is 0.416 e. The number of hydrogen-bond acceptors (Lipinski definition) is 5. The lowest BCUT2D eigenvalue weighted by Gasteiger charge is -2.14. The van der Waals surface area contributed by atoms with Crippen LogP contribution in [0.5, 0.6) is 5.75 Å². The Bertz CT molecular complexity index is 1210. The third-order valence-corrected chi connectivity index (χ3v) is 6.48. The number of rotatable bonds is 9. The van der Waals surface area contributed by atoms with E-state index in [1.54, 1.807) is 18.2 Å². The van der Waals surface area contributed by atoms with Gasteiger partial charge in [0.15, 0.2) is 9.84 Å². The molecule has 3 rings (SSSR count). The van der Waals surface area contributed by atoms with Crippen molar-refractivity contribution in [3.8, 4) is 5.75 Å². The average molecular weight is 494 g/mol. The van der Waals surface area contributed by atoms with Crippen molar-refractivity contribution in [1.82, 2.24) is 5.32 Å². The van der Waals surface area contributed by atoms with Gasteiger partial charge < -0.3 is 15.2 Å². The van der Waals surface area contributed by atoms with Gasteiger partial charge in [-0.15, -0.1) is 0 Å². The van der Waals surface area contributed by atoms with Crippen molar-refractivity contribution >= 4 is 15.7 Å². The van der Waals surface area contributed by atoms with Gasteiger partial charge in [-0.2, -0.15) is 13.2 Å². The molecule has 0 saturated carbocycles. The normalized spacial score (nSPS) is 12.7. The van der Waals surface area contributed by atoms with E-state index in [2.05, 4.69) is 5.32 Å². The van der Waals surface area contributed by atoms with Crippen LogP contribution in [0.15, 0.2) is 83.8 Å². The van der Waals surface area contributed by atoms with Gasteiger partial charge >= 0.3 is 6.18 Å². The van der Waals surface area contributed by atoms with Crippen LogP contribution in [0, 0.1) is 0 Å². The SMILES string of the molecule is O=C(NCC(O)COc1cccc(C(F)(F)F)c1)c1ccc(CS(=O)(=O)c2ccccc2)cc1. The van der Waals surface area contributed by atoms with Gasteiger partial charge in [0.1, 0.15) is 18.5 Å². The second kappa shape index (κ2) is 10.7. The monoisotopic (exact) mass is 493 g/mol. The number of nitrogens with one attached hydrogen (secondary N) is 1. The number of ether oxygens (including phenoxy) is 1. The second-order valence-corrected chi connectivity index (χ2v) is 9.46. The summed E-state index contributed by atoms with van der Waals surface area (Å²) in [5.41, 5.74) is -0.102. The Balaban J connectivity index is 1.49. The van der Waals surface area contributed by atoms with Gasteiger partial charge in [-0.25, -0.2) is 8.42 Å². The van der Waals surface area contributed by atoms with Gasteiger partial charge in [0.2, 0.25) is 0 Å². The quantitative estimate of drug-likeness (QED) is 0.473. The molecule has 0 radical (unpaired) electrons. The van der Waals surface area contributed by atoms with E-state index in [0.717, 1.165) is 12.1 Å². The molecular formula is C24H22F3NO5S. The highest BCUT2D eigenvalue weighted by Crippen LogP contribution is 2.31. The summed E-state index contributed by atoms with van der Waals surface area (Å²) >= 11 is 0. The number of alkyl halides is 3. The van der Waals surface area contributed by atoms with E-state index in [1.165, 1.54) is 48.5 Å². The molecular weight excluding hydrogens is 471 g/mol. The predicted octanol–water partition coefficient (Wildman–Crippen LogP) is 3.85. The largest absolute Gasteiger partial charge is 0.491 e. The predicted molar refractivity (Wildman–Crippen MR) is 119 cm³/mol. The summed E-state index contributed by atoms with van der Waals surface area (Å²) in [6, 6.07) is 18.3. The molecule has 6 nitrogen and oxygen atoms in total. The first-order valence-corrected chi connectivity index (χ1v) is 11.8. The molecule has 3 aromatic rings. The lowest BCUT2D eigenvalue weighted by molar-refractivity contribution is -0.137. The Labute approximate surface area is 194 Å². The maximum absolute atomic E-state index is 12.7. The van der Waals surface area contributed by atoms with Crippen LogP contribution in [0.2, 0.25) is 0 Å². The highest BCUT2D eigenvalue weighted by molar-refractivity contribution is 7.90. The van der Waals surface area contributed by atoms with E-state index < -0.39 is 33.6 Å². The number of aliphatic hydroxyl groups is 1. The van der Waals surface area contributed by atoms with Crippen LogP contribution < -0.4 is 10.1 Å². The van der Waals surface area contributed by atoms with Crippen molar-refractivity contribution in [1.29, 1.82) is 0 Å². The third-order valence-electron chi connectivity index (χ3n) is 4.78. The molecule has 34 heavy (non-hydrogen) atoms. The molecule has 1 atom stereocenters. The molecule has 0 fully saturated rings. The average Bonchev–Trinajstić information content (AvgIpc) is 2.81. The fourth-order valence-electron chi connectivity index (χ4n) is 3.01. The Morgan fingerprint density at radius 2 is 1.65 bits per heavy atom. The summed E-state index contributed by atoms with van der Waals surface area (Å²) in [5, 5.41) is 12.5. The van der Waals surface area contributed by atoms with E-state index in [1.807, 2.05) is 0 Å². The molecule has 0 saturated heterocycles. The lowest BCUT2D eigenvalue weighted by Crippen LogP contribution is -2.35. The summed E-state index contributed by atoms with van der Waals surface area (Å²) in [5.74, 6) is -0.776. The Morgan fingerprint density at radius 3 is 2.29 bits per heavy atom. The lowest BCUT2D eigenvalue weighted by atomic mass is 10.1. The number of amides is 1. The molecule has 0 aliphatic rings. The van der Waals surface area contributed by atoms with Crippen LogP contribution in [0.25, 0.3) is 0 Å². The molecule has 0 aromatic heterocycles. The molecule has 0 heterocycles. The van der Waals surface area contributed by atoms with Crippen LogP contribution in [0.4, 0.5) is 13.2 Å². The van der Waals surface area contributed by atoms with Crippen molar-refractivity contribution in [3.05, 3.63) is 95.6 Å². The van der Waals surface area contributed by atoms with E-state index in [0.29, 0.717) is 5.56 Å². The number of carbonyl (C=O) groups excluding carboxylic acids is 1. The number of benzene rings is 3. The Kier molecular flexibility index (Phi) is 7.95. The first-order chi connectivity index (χ1) is 16.0. The van der Waals surface area contributed by atoms with Gasteiger partial charge in [0, 0.05) is 12.1 Å². The molecule has 1 unspecified atom stereocenters. The summed E-state index contributed by atoms with van der Waals surface area (Å²) in [6.07, 6.45) is -5.67. The molecule has 3 aromatic carbocycles. The van der Waals surface area contributed by atoms with Crippen LogP contribution >= 0.6 is 0 Å². The molecule has 1 amide bonds. The van der Waals surface area contributed by atoms with E-state index in [4.69, 9.17) is 4.74 Å². The highest BCUT2D eigenvalue weighted by Gasteiger charge is 2.30. The number of halogens is 3. The minimum atomic E-state index is -4.51. The fourth-order valence-corrected chi connectivity index (χ4v) is 4.38. The first-order valence-electron chi connectivity index (χ1n) is 10.2. The molecule has 0 aliphatic carbocycles. The molecule has 0 aliphatic heterocycles. The third kappa shape index (κ3) is 7.06. The van der Waals surface area contributed by atoms with Gasteiger partial charge in [-0.1, -0.05) is 36.4 Å². The molecule has 0 bridgehead atoms. The summed E-state index contributed by atoms with van der Waals surface area (Å²) in [6.45, 7) is -0.514. The minimum Gasteiger partial charge on any atom is -0.491 e. The van der Waals surface area contributed by atoms with Gasteiger partial charge in [-0.3, -0.25) is 4.79 Å². The van der Waals surface area contributed by atoms with Crippen molar-refractivity contribution in [2.45, 2.75) is 22.9 Å². The minimum absolute atomic E-state index is 0.0544. The second-order valence-electron chi connectivity index (χ2n) is 7.47. The zero-order valence-corrected chi connectivity index (χ0v) is 18.6. The fraction of sp³-hybridized carbons (Fsp3) is 0.208. The van der Waals surface area contributed by atoms with Crippen LogP contribution in [0.3, 0.4) is 0 Å². The zero-order valence-electron chi connectivity index (χ0n) is 17.8. The molecule has 180 valence electrons. The Hall–Kier alpha value is -3.37. The van der Waals surface area contributed by atoms with Crippen molar-refractivity contribution in [2.75, 3.05) is 13.2 Å². The summed E-state index contributed by atoms with van der Waals surface area (Å²) in [7, 11) is -3.52. The summed E-state index contributed by atoms with van der Waals surface area (Å²) < 4.78 is 68.3. The van der Waals surface area contributed by atoms with Gasteiger partial charge in [0.05, 0.1) is 16.2 Å². The van der Waals surface area contributed by atoms with E-state index >= 15 is 0 Å². The molecule has 0 spiro atoms. The van der Waals surface area contributed by atoms with Crippen molar-refractivity contribution in [3.63, 3.8) is 0 Å². The van der Waals surface area contributed by atoms with Crippen LogP contribution in [0.1, 0.15) is 21.5 Å². The van der Waals surface area contributed by atoms with Crippen LogP contribution in [-0.2, 0) is 21.8 Å². The topological polar surface area (TPSA) is 92.7 Å². The number of hydrogen-bond donors (Lipinski definition) is 2. The summed E-state index contributed by atoms with van der Waals surface area (Å²) in [4.78, 5) is 12.5. The first kappa shape index (κ1) is 25.3. The van der Waals surface area contributed by atoms with Gasteiger partial charge in [0.25, 0.3) is 5.91 Å². The molecule has 2 N–H and O–H groups in total. The maximum atomic E-state index is 12.7. The number of carbonyl (C=O) groups is 1. The maximum Gasteiger partial charge on any atom is 0.416 e. The highest BCUT2D eigenvalue weighted by atomic mass is 32.2. The number of sulfone groups is 1. The molecule has 10 heteroatoms. The van der Waals surface area contributed by atoms with Crippen molar-refractivity contribution < 1.29 is 36.2 Å². The van der Waals surface area contributed by atoms with Crippen LogP contribution in [-0.4, -0.2) is 38.7 Å². The standard InChI is InChI=1S/C24H22F3NO5S/c25-24(26,27)19-5-4-6-21(13-19)33-15-20(29)14-28-23(30)18-11-9-17(10-12-18)16-34(31,32)22-7-2-1-3-8-22/h1-13,20,29H,14-16H2,(H,28,30). The Morgan fingerprint density at radius 1 is 0.971 bits per heavy atom. The van der Waals surface area contributed by atoms with Crippen molar-refractivity contribution in [2.24, 2.45) is 0 Å². The zero-order chi connectivity index (χ0) is 24.8. The van der Waals surface area contributed by atoms with Gasteiger partial charge in [-0.05, 0) is 48.0 Å². The van der Waals surface area contributed by atoms with E-state index in [9.17, 15) is 31.5 Å².